The lowest BCUT2D eigenvalue weighted by atomic mass is 10.1. The molecule has 2 rings (SSSR count). The Hall–Kier alpha value is -1.40. The Morgan fingerprint density at radius 3 is 2.54 bits per heavy atom. The number of nitrogens with one attached hydrogen (secondary N) is 1. The largest absolute Gasteiger partial charge is 0.493 e. The van der Waals surface area contributed by atoms with E-state index >= 15 is 0 Å². The second-order valence-electron chi connectivity index (χ2n) is 5.92. The van der Waals surface area contributed by atoms with Crippen LogP contribution in [0.5, 0.6) is 5.75 Å². The molecule has 130 valence electrons. The van der Waals surface area contributed by atoms with Crippen LogP contribution in [-0.4, -0.2) is 27.6 Å². The van der Waals surface area contributed by atoms with Crippen LogP contribution in [0.3, 0.4) is 0 Å². The quantitative estimate of drug-likeness (QED) is 0.432. The van der Waals surface area contributed by atoms with E-state index in [-0.39, 0.29) is 5.56 Å². The zero-order valence-electron chi connectivity index (χ0n) is 14.6. The maximum Gasteiger partial charge on any atom is 0.251 e. The van der Waals surface area contributed by atoms with Crippen LogP contribution >= 0.6 is 23.5 Å². The smallest absolute Gasteiger partial charge is 0.251 e. The van der Waals surface area contributed by atoms with Gasteiger partial charge in [-0.3, -0.25) is 4.79 Å². The summed E-state index contributed by atoms with van der Waals surface area (Å²) in [7, 11) is 0. The van der Waals surface area contributed by atoms with Gasteiger partial charge in [0.1, 0.15) is 5.75 Å². The van der Waals surface area contributed by atoms with Gasteiger partial charge in [0.2, 0.25) is 0 Å². The Bertz CT molecular complexity index is 709. The summed E-state index contributed by atoms with van der Waals surface area (Å²) < 4.78 is 5.78. The van der Waals surface area contributed by atoms with Gasteiger partial charge >= 0.3 is 0 Å². The summed E-state index contributed by atoms with van der Waals surface area (Å²) in [6.45, 7) is 8.96. The summed E-state index contributed by atoms with van der Waals surface area (Å²) in [4.78, 5) is 19.0. The number of rotatable bonds is 8. The first-order valence-corrected chi connectivity index (χ1v) is 10.0. The van der Waals surface area contributed by atoms with Gasteiger partial charge in [-0.25, -0.2) is 4.98 Å². The molecule has 6 heteroatoms. The van der Waals surface area contributed by atoms with Gasteiger partial charge in [0.05, 0.1) is 12.3 Å². The van der Waals surface area contributed by atoms with Gasteiger partial charge < -0.3 is 9.72 Å². The second kappa shape index (κ2) is 9.18. The van der Waals surface area contributed by atoms with Crippen molar-refractivity contribution in [3.63, 3.8) is 0 Å². The molecular formula is C18H24N2O2S2. The molecular weight excluding hydrogens is 340 g/mol. The molecule has 1 N–H and O–H groups in total. The van der Waals surface area contributed by atoms with Crippen molar-refractivity contribution in [2.24, 2.45) is 0 Å². The minimum absolute atomic E-state index is 0.0953. The second-order valence-corrected chi connectivity index (χ2v) is 8.57. The SMILES string of the molecule is Cc1cc(C)cc(OCCSc2nc(CSC(C)C)cc(=O)[nH]2)c1. The highest BCUT2D eigenvalue weighted by atomic mass is 32.2. The molecule has 0 radical (unpaired) electrons. The molecule has 1 heterocycles. The third-order valence-corrected chi connectivity index (χ3v) is 5.09. The van der Waals surface area contributed by atoms with Crippen LogP contribution < -0.4 is 10.3 Å². The van der Waals surface area contributed by atoms with Crippen molar-refractivity contribution in [1.29, 1.82) is 0 Å². The van der Waals surface area contributed by atoms with E-state index in [1.54, 1.807) is 17.8 Å². The van der Waals surface area contributed by atoms with E-state index < -0.39 is 0 Å². The average molecular weight is 365 g/mol. The van der Waals surface area contributed by atoms with Crippen molar-refractivity contribution in [1.82, 2.24) is 9.97 Å². The van der Waals surface area contributed by atoms with Gasteiger partial charge in [0.25, 0.3) is 5.56 Å². The standard InChI is InChI=1S/C18H24N2O2S2/c1-12(2)24-11-15-10-17(21)20-18(19-15)23-6-5-22-16-8-13(3)7-14(4)9-16/h7-10,12H,5-6,11H2,1-4H3,(H,19,20,21). The molecule has 0 amide bonds. The maximum atomic E-state index is 11.7. The number of hydrogen-bond acceptors (Lipinski definition) is 5. The van der Waals surface area contributed by atoms with E-state index in [0.29, 0.717) is 17.0 Å². The molecule has 0 unspecified atom stereocenters. The number of hydrogen-bond donors (Lipinski definition) is 1. The number of aromatic nitrogens is 2. The molecule has 1 aromatic carbocycles. The zero-order chi connectivity index (χ0) is 17.5. The molecule has 0 saturated carbocycles. The van der Waals surface area contributed by atoms with E-state index in [4.69, 9.17) is 4.74 Å². The molecule has 4 nitrogen and oxygen atoms in total. The number of benzene rings is 1. The van der Waals surface area contributed by atoms with E-state index in [2.05, 4.69) is 43.7 Å². The molecule has 0 aliphatic rings. The molecule has 24 heavy (non-hydrogen) atoms. The first-order chi connectivity index (χ1) is 11.4. The molecule has 0 fully saturated rings. The predicted octanol–water partition coefficient (Wildman–Crippen LogP) is 4.20. The van der Waals surface area contributed by atoms with Crippen LogP contribution in [0.25, 0.3) is 0 Å². The van der Waals surface area contributed by atoms with Crippen molar-refractivity contribution in [2.75, 3.05) is 12.4 Å². The zero-order valence-corrected chi connectivity index (χ0v) is 16.2. The fourth-order valence-electron chi connectivity index (χ4n) is 2.19. The third kappa shape index (κ3) is 6.61. The van der Waals surface area contributed by atoms with E-state index in [1.807, 2.05) is 12.1 Å². The van der Waals surface area contributed by atoms with Crippen LogP contribution in [0.1, 0.15) is 30.7 Å². The normalized spacial score (nSPS) is 11.0. The highest BCUT2D eigenvalue weighted by Crippen LogP contribution is 2.19. The molecule has 2 aromatic rings. The Labute approximate surface area is 151 Å². The minimum Gasteiger partial charge on any atom is -0.493 e. The van der Waals surface area contributed by atoms with Crippen LogP contribution in [0.2, 0.25) is 0 Å². The molecule has 0 aliphatic heterocycles. The van der Waals surface area contributed by atoms with E-state index in [0.717, 1.165) is 22.9 Å². The maximum absolute atomic E-state index is 11.7. The summed E-state index contributed by atoms with van der Waals surface area (Å²) in [6, 6.07) is 7.76. The van der Waals surface area contributed by atoms with Crippen molar-refractivity contribution in [2.45, 2.75) is 43.9 Å². The summed E-state index contributed by atoms with van der Waals surface area (Å²) in [5, 5.41) is 1.18. The van der Waals surface area contributed by atoms with E-state index in [9.17, 15) is 4.79 Å². The lowest BCUT2D eigenvalue weighted by molar-refractivity contribution is 0.343. The first kappa shape index (κ1) is 18.9. The molecule has 0 spiro atoms. The van der Waals surface area contributed by atoms with Gasteiger partial charge in [-0.1, -0.05) is 31.7 Å². The Morgan fingerprint density at radius 2 is 1.88 bits per heavy atom. The van der Waals surface area contributed by atoms with Crippen LogP contribution in [0.4, 0.5) is 0 Å². The molecule has 0 aliphatic carbocycles. The van der Waals surface area contributed by atoms with Gasteiger partial charge in [0.15, 0.2) is 5.16 Å². The van der Waals surface area contributed by atoms with Crippen LogP contribution in [0.15, 0.2) is 34.2 Å². The molecule has 0 saturated heterocycles. The fourth-order valence-corrected chi connectivity index (χ4v) is 3.56. The summed E-state index contributed by atoms with van der Waals surface area (Å²) in [6.07, 6.45) is 0. The monoisotopic (exact) mass is 364 g/mol. The van der Waals surface area contributed by atoms with Crippen LogP contribution in [-0.2, 0) is 5.75 Å². The number of thioether (sulfide) groups is 2. The first-order valence-electron chi connectivity index (χ1n) is 7.98. The van der Waals surface area contributed by atoms with Crippen molar-refractivity contribution in [3.8, 4) is 5.75 Å². The van der Waals surface area contributed by atoms with Gasteiger partial charge in [0, 0.05) is 17.6 Å². The van der Waals surface area contributed by atoms with Crippen molar-refractivity contribution < 1.29 is 4.74 Å². The topological polar surface area (TPSA) is 55.0 Å². The lowest BCUT2D eigenvalue weighted by Gasteiger charge is -2.08. The number of H-pyrrole nitrogens is 1. The number of aromatic amines is 1. The Balaban J connectivity index is 1.86. The highest BCUT2D eigenvalue weighted by molar-refractivity contribution is 7.99. The fraction of sp³-hybridized carbons (Fsp3) is 0.444. The van der Waals surface area contributed by atoms with E-state index in [1.165, 1.54) is 22.9 Å². The average Bonchev–Trinajstić information content (AvgIpc) is 2.48. The highest BCUT2D eigenvalue weighted by Gasteiger charge is 2.05. The molecule has 0 atom stereocenters. The minimum atomic E-state index is -0.0953. The Kier molecular flexibility index (Phi) is 7.24. The lowest BCUT2D eigenvalue weighted by Crippen LogP contribution is -2.11. The summed E-state index contributed by atoms with van der Waals surface area (Å²) in [5.74, 6) is 2.38. The van der Waals surface area contributed by atoms with Crippen molar-refractivity contribution in [3.05, 3.63) is 51.4 Å². The summed E-state index contributed by atoms with van der Waals surface area (Å²) >= 11 is 3.29. The van der Waals surface area contributed by atoms with Crippen LogP contribution in [0, 0.1) is 13.8 Å². The predicted molar refractivity (Wildman–Crippen MR) is 103 cm³/mol. The van der Waals surface area contributed by atoms with Crippen molar-refractivity contribution >= 4 is 23.5 Å². The summed E-state index contributed by atoms with van der Waals surface area (Å²) in [5.41, 5.74) is 3.12. The molecule has 1 aromatic heterocycles. The number of ether oxygens (including phenoxy) is 1. The van der Waals surface area contributed by atoms with Gasteiger partial charge in [-0.15, -0.1) is 0 Å². The third-order valence-electron chi connectivity index (χ3n) is 3.12. The van der Waals surface area contributed by atoms with Gasteiger partial charge in [-0.2, -0.15) is 11.8 Å². The molecule has 0 bridgehead atoms. The Morgan fingerprint density at radius 1 is 1.17 bits per heavy atom. The number of nitrogens with zero attached hydrogens (tertiary/aromatic N) is 1. The van der Waals surface area contributed by atoms with Gasteiger partial charge in [-0.05, 0) is 42.4 Å². The number of aryl methyl sites for hydroxylation is 2.